The Morgan fingerprint density at radius 2 is 1.62 bits per heavy atom. The highest BCUT2D eigenvalue weighted by Crippen LogP contribution is 2.36. The van der Waals surface area contributed by atoms with E-state index in [-0.39, 0.29) is 0 Å². The highest BCUT2D eigenvalue weighted by atomic mass is 32.1. The maximum Gasteiger partial charge on any atom is 0.250 e. The molecule has 6 rings (SSSR count). The summed E-state index contributed by atoms with van der Waals surface area (Å²) in [7, 11) is 0. The third-order valence-electron chi connectivity index (χ3n) is 6.94. The molecule has 0 bridgehead atoms. The number of rotatable bonds is 5. The lowest BCUT2D eigenvalue weighted by Crippen LogP contribution is -2.48. The molecule has 0 aliphatic carbocycles. The fourth-order valence-corrected chi connectivity index (χ4v) is 5.99. The summed E-state index contributed by atoms with van der Waals surface area (Å²) >= 11 is 1.79. The Balaban J connectivity index is 1.27. The number of likely N-dealkylation sites (tertiary alicyclic amines) is 1. The van der Waals surface area contributed by atoms with Crippen molar-refractivity contribution in [2.45, 2.75) is 33.2 Å². The Hall–Kier alpha value is -3.11. The predicted octanol–water partition coefficient (Wildman–Crippen LogP) is 3.21. The molecule has 9 nitrogen and oxygen atoms in total. The molecule has 3 aromatic heterocycles. The van der Waals surface area contributed by atoms with Crippen molar-refractivity contribution in [3.63, 3.8) is 0 Å². The minimum absolute atomic E-state index is 0.788. The summed E-state index contributed by atoms with van der Waals surface area (Å²) in [5.41, 5.74) is 2.27. The molecular formula is C24H29N9S. The van der Waals surface area contributed by atoms with Crippen LogP contribution in [-0.2, 0) is 6.54 Å². The highest BCUT2D eigenvalue weighted by molar-refractivity contribution is 7.18. The highest BCUT2D eigenvalue weighted by Gasteiger charge is 2.26. The maximum absolute atomic E-state index is 5.13. The van der Waals surface area contributed by atoms with Crippen molar-refractivity contribution < 1.29 is 0 Å². The normalized spacial score (nSPS) is 17.2. The first-order chi connectivity index (χ1) is 16.7. The largest absolute Gasteiger partial charge is 0.352 e. The van der Waals surface area contributed by atoms with Gasteiger partial charge in [-0.15, -0.1) is 11.3 Å². The second-order valence-electron chi connectivity index (χ2n) is 9.11. The summed E-state index contributed by atoms with van der Waals surface area (Å²) in [6.45, 7) is 10.9. The Kier molecular flexibility index (Phi) is 5.62. The van der Waals surface area contributed by atoms with E-state index in [1.54, 1.807) is 11.3 Å². The van der Waals surface area contributed by atoms with E-state index in [4.69, 9.17) is 9.97 Å². The van der Waals surface area contributed by atoms with Gasteiger partial charge in [-0.3, -0.25) is 4.90 Å². The van der Waals surface area contributed by atoms with Crippen molar-refractivity contribution in [2.75, 3.05) is 49.1 Å². The average molecular weight is 476 g/mol. The van der Waals surface area contributed by atoms with Crippen LogP contribution in [0.25, 0.3) is 15.9 Å². The Morgan fingerprint density at radius 3 is 2.38 bits per heavy atom. The smallest absolute Gasteiger partial charge is 0.250 e. The summed E-state index contributed by atoms with van der Waals surface area (Å²) in [6.07, 6.45) is 2.55. The number of para-hydroxylation sites is 1. The lowest BCUT2D eigenvalue weighted by Gasteiger charge is -2.36. The first-order valence-corrected chi connectivity index (χ1v) is 12.8. The lowest BCUT2D eigenvalue weighted by atomic mass is 10.2. The molecule has 4 aromatic rings. The quantitative estimate of drug-likeness (QED) is 0.435. The Labute approximate surface area is 203 Å². The number of hydrogen-bond donors (Lipinski definition) is 0. The van der Waals surface area contributed by atoms with Crippen molar-refractivity contribution in [3.05, 3.63) is 46.6 Å². The third kappa shape index (κ3) is 3.90. The van der Waals surface area contributed by atoms with E-state index in [1.807, 2.05) is 35.0 Å². The van der Waals surface area contributed by atoms with Crippen LogP contribution in [0, 0.1) is 13.8 Å². The molecule has 2 fully saturated rings. The molecule has 2 aliphatic rings. The van der Waals surface area contributed by atoms with Crippen LogP contribution in [0.4, 0.5) is 11.8 Å². The lowest BCUT2D eigenvalue weighted by molar-refractivity contribution is 0.323. The summed E-state index contributed by atoms with van der Waals surface area (Å²) < 4.78 is 1.82. The van der Waals surface area contributed by atoms with Gasteiger partial charge in [0.2, 0.25) is 5.95 Å². The minimum atomic E-state index is 0.788. The molecule has 0 unspecified atom stereocenters. The van der Waals surface area contributed by atoms with Crippen LogP contribution >= 0.6 is 11.3 Å². The van der Waals surface area contributed by atoms with Gasteiger partial charge in [-0.05, 0) is 67.9 Å². The zero-order valence-corrected chi connectivity index (χ0v) is 20.5. The number of aromatic nitrogens is 6. The number of piperazine rings is 1. The molecule has 0 N–H and O–H groups in total. The summed E-state index contributed by atoms with van der Waals surface area (Å²) in [5, 5.41) is 13.7. The van der Waals surface area contributed by atoms with Gasteiger partial charge >= 0.3 is 0 Å². The van der Waals surface area contributed by atoms with Gasteiger partial charge < -0.3 is 9.80 Å². The van der Waals surface area contributed by atoms with Crippen LogP contribution in [0.3, 0.4) is 0 Å². The van der Waals surface area contributed by atoms with Crippen LogP contribution in [0.15, 0.2) is 30.3 Å². The molecule has 1 aromatic carbocycles. The molecule has 0 atom stereocenters. The number of benzene rings is 1. The van der Waals surface area contributed by atoms with Gasteiger partial charge in [-0.25, -0.2) is 9.97 Å². The number of tetrazole rings is 1. The first kappa shape index (κ1) is 21.4. The maximum atomic E-state index is 5.13. The van der Waals surface area contributed by atoms with Crippen molar-refractivity contribution in [2.24, 2.45) is 0 Å². The van der Waals surface area contributed by atoms with Gasteiger partial charge in [0.25, 0.3) is 0 Å². The molecule has 0 radical (unpaired) electrons. The number of thiophene rings is 1. The van der Waals surface area contributed by atoms with Crippen LogP contribution in [-0.4, -0.2) is 74.3 Å². The molecule has 10 heteroatoms. The van der Waals surface area contributed by atoms with E-state index in [2.05, 4.69) is 44.1 Å². The molecule has 2 saturated heterocycles. The van der Waals surface area contributed by atoms with Gasteiger partial charge in [-0.1, -0.05) is 23.3 Å². The molecule has 0 amide bonds. The molecule has 2 aliphatic heterocycles. The van der Waals surface area contributed by atoms with Crippen molar-refractivity contribution in [1.82, 2.24) is 35.1 Å². The van der Waals surface area contributed by atoms with Gasteiger partial charge in [-0.2, -0.15) is 4.68 Å². The number of hydrogen-bond acceptors (Lipinski definition) is 9. The third-order valence-corrected chi connectivity index (χ3v) is 8.04. The molecular weight excluding hydrogens is 446 g/mol. The van der Waals surface area contributed by atoms with Gasteiger partial charge in [0, 0.05) is 31.1 Å². The average Bonchev–Trinajstić information content (AvgIpc) is 3.61. The molecule has 0 saturated carbocycles. The topological polar surface area (TPSA) is 79.1 Å². The summed E-state index contributed by atoms with van der Waals surface area (Å²) in [6, 6.07) is 10.1. The number of anilines is 2. The van der Waals surface area contributed by atoms with Crippen molar-refractivity contribution in [1.29, 1.82) is 0 Å². The summed E-state index contributed by atoms with van der Waals surface area (Å²) in [4.78, 5) is 19.7. The van der Waals surface area contributed by atoms with E-state index in [0.717, 1.165) is 73.9 Å². The zero-order chi connectivity index (χ0) is 23.1. The number of aryl methyl sites for hydroxylation is 2. The Morgan fingerprint density at radius 1 is 0.882 bits per heavy atom. The predicted molar refractivity (Wildman–Crippen MR) is 135 cm³/mol. The van der Waals surface area contributed by atoms with E-state index >= 15 is 0 Å². The van der Waals surface area contributed by atoms with Gasteiger partial charge in [0.1, 0.15) is 16.5 Å². The zero-order valence-electron chi connectivity index (χ0n) is 19.7. The Bertz CT molecular complexity index is 1280. The minimum Gasteiger partial charge on any atom is -0.352 e. The van der Waals surface area contributed by atoms with Crippen LogP contribution in [0.2, 0.25) is 0 Å². The number of nitrogens with zero attached hydrogens (tertiary/aromatic N) is 9. The fraction of sp³-hybridized carbons (Fsp3) is 0.458. The van der Waals surface area contributed by atoms with Crippen LogP contribution < -0.4 is 9.80 Å². The molecule has 176 valence electrons. The van der Waals surface area contributed by atoms with Crippen LogP contribution in [0.5, 0.6) is 0 Å². The fourth-order valence-electron chi connectivity index (χ4n) is 4.95. The SMILES string of the molecule is Cc1sc2nc(CN3CCCC3)nc(N3CCN(c4nnnn4-c4ccccc4)CC3)c2c1C. The molecule has 34 heavy (non-hydrogen) atoms. The standard InChI is InChI=1S/C24H29N9S/c1-17-18(2)34-23-21(17)22(25-20(26-23)16-30-10-6-7-11-30)31-12-14-32(15-13-31)24-27-28-29-33(24)19-8-4-3-5-9-19/h3-5,8-9H,6-7,10-16H2,1-2H3. The second kappa shape index (κ2) is 8.92. The molecule has 0 spiro atoms. The second-order valence-corrected chi connectivity index (χ2v) is 10.3. The number of fused-ring (bicyclic) bond motifs is 1. The monoisotopic (exact) mass is 475 g/mol. The van der Waals surface area contributed by atoms with Crippen molar-refractivity contribution in [3.8, 4) is 5.69 Å². The van der Waals surface area contributed by atoms with Gasteiger partial charge in [0.15, 0.2) is 0 Å². The van der Waals surface area contributed by atoms with Crippen molar-refractivity contribution >= 4 is 33.3 Å². The summed E-state index contributed by atoms with van der Waals surface area (Å²) in [5.74, 6) is 2.82. The van der Waals surface area contributed by atoms with E-state index in [1.165, 1.54) is 28.7 Å². The first-order valence-electron chi connectivity index (χ1n) is 12.0. The van der Waals surface area contributed by atoms with Crippen LogP contribution in [0.1, 0.15) is 29.1 Å². The molecule has 5 heterocycles. The van der Waals surface area contributed by atoms with E-state index in [0.29, 0.717) is 0 Å². The van der Waals surface area contributed by atoms with E-state index in [9.17, 15) is 0 Å². The van der Waals surface area contributed by atoms with E-state index < -0.39 is 0 Å². The van der Waals surface area contributed by atoms with Gasteiger partial charge in [0.05, 0.1) is 17.6 Å².